The van der Waals surface area contributed by atoms with Crippen molar-refractivity contribution in [1.29, 1.82) is 0 Å². The Hall–Kier alpha value is -2.22. The Kier molecular flexibility index (Phi) is 3.00. The molecule has 3 aromatic rings. The number of fused-ring (bicyclic) bond motifs is 1. The molecule has 2 nitrogen and oxygen atoms in total. The van der Waals surface area contributed by atoms with Gasteiger partial charge in [0, 0.05) is 18.4 Å². The van der Waals surface area contributed by atoms with Crippen molar-refractivity contribution in [3.05, 3.63) is 65.9 Å². The second-order valence-corrected chi connectivity index (χ2v) is 4.89. The number of rotatable bonds is 3. The first-order valence-corrected chi connectivity index (χ1v) is 6.69. The van der Waals surface area contributed by atoms with Gasteiger partial charge in [-0.1, -0.05) is 37.3 Å². The van der Waals surface area contributed by atoms with Crippen molar-refractivity contribution in [2.75, 3.05) is 5.73 Å². The van der Waals surface area contributed by atoms with Crippen LogP contribution in [0.15, 0.2) is 54.7 Å². The lowest BCUT2D eigenvalue weighted by Crippen LogP contribution is -2.00. The van der Waals surface area contributed by atoms with Crippen molar-refractivity contribution in [3.8, 4) is 0 Å². The van der Waals surface area contributed by atoms with Crippen LogP contribution in [0.3, 0.4) is 0 Å². The Morgan fingerprint density at radius 3 is 2.53 bits per heavy atom. The van der Waals surface area contributed by atoms with E-state index < -0.39 is 0 Å². The molecule has 0 atom stereocenters. The minimum absolute atomic E-state index is 0.815. The van der Waals surface area contributed by atoms with E-state index in [9.17, 15) is 0 Å². The van der Waals surface area contributed by atoms with Crippen LogP contribution < -0.4 is 5.73 Å². The van der Waals surface area contributed by atoms with Gasteiger partial charge in [0.25, 0.3) is 0 Å². The summed E-state index contributed by atoms with van der Waals surface area (Å²) in [5.41, 5.74) is 10.6. The number of hydrogen-bond donors (Lipinski definition) is 1. The molecule has 2 aromatic carbocycles. The third-order valence-corrected chi connectivity index (χ3v) is 3.59. The Morgan fingerprint density at radius 1 is 1.00 bits per heavy atom. The summed E-state index contributed by atoms with van der Waals surface area (Å²) >= 11 is 0. The molecule has 1 heterocycles. The first-order valence-electron chi connectivity index (χ1n) is 6.69. The number of nitrogens with two attached hydrogens (primary N) is 1. The van der Waals surface area contributed by atoms with Crippen LogP contribution in [0.25, 0.3) is 10.9 Å². The molecule has 0 bridgehead atoms. The van der Waals surface area contributed by atoms with Crippen molar-refractivity contribution < 1.29 is 0 Å². The highest BCUT2D eigenvalue weighted by Gasteiger charge is 2.05. The zero-order valence-electron chi connectivity index (χ0n) is 11.1. The fourth-order valence-electron chi connectivity index (χ4n) is 2.58. The van der Waals surface area contributed by atoms with Gasteiger partial charge in [-0.15, -0.1) is 0 Å². The predicted octanol–water partition coefficient (Wildman–Crippen LogP) is 3.83. The van der Waals surface area contributed by atoms with Gasteiger partial charge < -0.3 is 10.3 Å². The van der Waals surface area contributed by atoms with Gasteiger partial charge in [-0.05, 0) is 41.1 Å². The van der Waals surface area contributed by atoms with E-state index in [4.69, 9.17) is 5.73 Å². The van der Waals surface area contributed by atoms with E-state index in [0.29, 0.717) is 0 Å². The zero-order valence-corrected chi connectivity index (χ0v) is 11.1. The highest BCUT2D eigenvalue weighted by atomic mass is 15.0. The van der Waals surface area contributed by atoms with Crippen molar-refractivity contribution in [2.45, 2.75) is 19.9 Å². The Balaban J connectivity index is 2.03. The molecule has 0 amide bonds. The number of para-hydroxylation sites is 1. The zero-order chi connectivity index (χ0) is 13.2. The van der Waals surface area contributed by atoms with Crippen LogP contribution in [-0.4, -0.2) is 4.57 Å². The van der Waals surface area contributed by atoms with Crippen LogP contribution in [0.2, 0.25) is 0 Å². The molecule has 0 saturated carbocycles. The Morgan fingerprint density at radius 2 is 1.79 bits per heavy atom. The smallest absolute Gasteiger partial charge is 0.0515 e. The van der Waals surface area contributed by atoms with Gasteiger partial charge in [-0.3, -0.25) is 0 Å². The largest absolute Gasteiger partial charge is 0.399 e. The lowest BCUT2D eigenvalue weighted by Gasteiger charge is -2.09. The fraction of sp³-hybridized carbons (Fsp3) is 0.176. The maximum absolute atomic E-state index is 5.73. The minimum Gasteiger partial charge on any atom is -0.399 e. The van der Waals surface area contributed by atoms with E-state index in [1.54, 1.807) is 0 Å². The maximum Gasteiger partial charge on any atom is 0.0515 e. The summed E-state index contributed by atoms with van der Waals surface area (Å²) < 4.78 is 2.32. The number of nitrogens with zero attached hydrogens (tertiary/aromatic N) is 1. The second-order valence-electron chi connectivity index (χ2n) is 4.89. The molecule has 0 aliphatic rings. The Labute approximate surface area is 113 Å². The average molecular weight is 250 g/mol. The molecule has 3 rings (SSSR count). The number of anilines is 1. The SMILES string of the molecule is CCc1cccc2ccn(Cc3ccc(N)cc3)c12. The van der Waals surface area contributed by atoms with Crippen LogP contribution in [-0.2, 0) is 13.0 Å². The maximum atomic E-state index is 5.73. The number of hydrogen-bond acceptors (Lipinski definition) is 1. The highest BCUT2D eigenvalue weighted by Crippen LogP contribution is 2.22. The molecule has 96 valence electrons. The monoisotopic (exact) mass is 250 g/mol. The average Bonchev–Trinajstić information content (AvgIpc) is 2.85. The summed E-state index contributed by atoms with van der Waals surface area (Å²) in [6.45, 7) is 3.09. The van der Waals surface area contributed by atoms with E-state index in [2.05, 4.69) is 54.1 Å². The second kappa shape index (κ2) is 4.81. The molecule has 0 saturated heterocycles. The summed E-state index contributed by atoms with van der Waals surface area (Å²) in [7, 11) is 0. The summed E-state index contributed by atoms with van der Waals surface area (Å²) in [4.78, 5) is 0. The molecule has 0 aliphatic heterocycles. The third-order valence-electron chi connectivity index (χ3n) is 3.59. The van der Waals surface area contributed by atoms with Gasteiger partial charge in [0.15, 0.2) is 0 Å². The van der Waals surface area contributed by atoms with Gasteiger partial charge in [-0.25, -0.2) is 0 Å². The molecule has 19 heavy (non-hydrogen) atoms. The van der Waals surface area contributed by atoms with Gasteiger partial charge in [0.1, 0.15) is 0 Å². The molecule has 0 aliphatic carbocycles. The summed E-state index contributed by atoms with van der Waals surface area (Å²) in [6, 6.07) is 16.8. The van der Waals surface area contributed by atoms with Crippen LogP contribution in [0.5, 0.6) is 0 Å². The fourth-order valence-corrected chi connectivity index (χ4v) is 2.58. The minimum atomic E-state index is 0.815. The van der Waals surface area contributed by atoms with Gasteiger partial charge >= 0.3 is 0 Å². The normalized spacial score (nSPS) is 11.0. The van der Waals surface area contributed by atoms with E-state index in [1.165, 1.54) is 22.0 Å². The summed E-state index contributed by atoms with van der Waals surface area (Å²) in [5, 5.41) is 1.31. The number of benzene rings is 2. The molecule has 0 unspecified atom stereocenters. The van der Waals surface area contributed by atoms with Crippen LogP contribution in [0.4, 0.5) is 5.69 Å². The first kappa shape index (κ1) is 11.8. The summed E-state index contributed by atoms with van der Waals surface area (Å²) in [6.07, 6.45) is 3.23. The van der Waals surface area contributed by atoms with E-state index in [-0.39, 0.29) is 0 Å². The molecule has 0 spiro atoms. The van der Waals surface area contributed by atoms with E-state index in [0.717, 1.165) is 18.7 Å². The third kappa shape index (κ3) is 2.22. The summed E-state index contributed by atoms with van der Waals surface area (Å²) in [5.74, 6) is 0. The van der Waals surface area contributed by atoms with Gasteiger partial charge in [0.2, 0.25) is 0 Å². The molecular formula is C17H18N2. The molecule has 1 aromatic heterocycles. The molecule has 2 N–H and O–H groups in total. The molecular weight excluding hydrogens is 232 g/mol. The quantitative estimate of drug-likeness (QED) is 0.704. The van der Waals surface area contributed by atoms with Crippen LogP contribution in [0, 0.1) is 0 Å². The Bertz CT molecular complexity index is 693. The topological polar surface area (TPSA) is 30.9 Å². The number of nitrogen functional groups attached to an aromatic ring is 1. The van der Waals surface area contributed by atoms with E-state index in [1.807, 2.05) is 12.1 Å². The van der Waals surface area contributed by atoms with Gasteiger partial charge in [-0.2, -0.15) is 0 Å². The van der Waals surface area contributed by atoms with Crippen LogP contribution >= 0.6 is 0 Å². The predicted molar refractivity (Wildman–Crippen MR) is 81.3 cm³/mol. The van der Waals surface area contributed by atoms with E-state index >= 15 is 0 Å². The molecule has 2 heteroatoms. The lowest BCUT2D eigenvalue weighted by molar-refractivity contribution is 0.831. The lowest BCUT2D eigenvalue weighted by atomic mass is 10.1. The standard InChI is InChI=1S/C17H18N2/c1-2-14-4-3-5-15-10-11-19(17(14)15)12-13-6-8-16(18)9-7-13/h3-11H,2,12,18H2,1H3. The number of aryl methyl sites for hydroxylation is 1. The molecule has 0 fully saturated rings. The van der Waals surface area contributed by atoms with Gasteiger partial charge in [0.05, 0.1) is 5.52 Å². The van der Waals surface area contributed by atoms with Crippen molar-refractivity contribution in [2.24, 2.45) is 0 Å². The molecule has 0 radical (unpaired) electrons. The van der Waals surface area contributed by atoms with Crippen molar-refractivity contribution in [3.63, 3.8) is 0 Å². The number of aromatic nitrogens is 1. The van der Waals surface area contributed by atoms with Crippen LogP contribution in [0.1, 0.15) is 18.1 Å². The first-order chi connectivity index (χ1) is 9.28. The highest BCUT2D eigenvalue weighted by molar-refractivity contribution is 5.83. The van der Waals surface area contributed by atoms with Crippen molar-refractivity contribution in [1.82, 2.24) is 4.57 Å². The van der Waals surface area contributed by atoms with Crippen molar-refractivity contribution >= 4 is 16.6 Å².